The van der Waals surface area contributed by atoms with Gasteiger partial charge in [-0.25, -0.2) is 9.97 Å². The first kappa shape index (κ1) is 24.5. The molecule has 3 aromatic rings. The molecule has 1 N–H and O–H groups in total. The third kappa shape index (κ3) is 7.19. The van der Waals surface area contributed by atoms with Crippen molar-refractivity contribution in [2.45, 2.75) is 36.1 Å². The number of hydrogen-bond donors (Lipinski definition) is 1. The summed E-state index contributed by atoms with van der Waals surface area (Å²) in [6.07, 6.45) is 6.78. The lowest BCUT2D eigenvalue weighted by Crippen LogP contribution is -2.36. The van der Waals surface area contributed by atoms with Gasteiger partial charge in [0.25, 0.3) is 11.8 Å². The molecule has 0 saturated carbocycles. The van der Waals surface area contributed by atoms with E-state index in [-0.39, 0.29) is 5.91 Å². The van der Waals surface area contributed by atoms with Crippen LogP contribution in [0.1, 0.15) is 36.5 Å². The fourth-order valence-corrected chi connectivity index (χ4v) is 4.87. The smallest absolute Gasteiger partial charge is 0.252 e. The number of nitrogens with zero attached hydrogens (tertiary/aromatic N) is 3. The Balaban J connectivity index is 1.28. The van der Waals surface area contributed by atoms with Gasteiger partial charge in [0.05, 0.1) is 0 Å². The minimum absolute atomic E-state index is 0.0722. The van der Waals surface area contributed by atoms with E-state index in [9.17, 15) is 4.79 Å². The Morgan fingerprint density at radius 2 is 1.91 bits per heavy atom. The van der Waals surface area contributed by atoms with Crippen molar-refractivity contribution in [1.29, 1.82) is 0 Å². The third-order valence-electron chi connectivity index (χ3n) is 5.67. The van der Waals surface area contributed by atoms with Gasteiger partial charge in [0.15, 0.2) is 5.03 Å². The van der Waals surface area contributed by atoms with Gasteiger partial charge < -0.3 is 15.0 Å². The number of aromatic nitrogens is 2. The summed E-state index contributed by atoms with van der Waals surface area (Å²) >= 11 is 7.42. The van der Waals surface area contributed by atoms with Crippen molar-refractivity contribution in [1.82, 2.24) is 20.2 Å². The highest BCUT2D eigenvalue weighted by Gasteiger charge is 2.16. The monoisotopic (exact) mass is 496 g/mol. The molecule has 4 rings (SSSR count). The zero-order valence-electron chi connectivity index (χ0n) is 19.2. The van der Waals surface area contributed by atoms with Gasteiger partial charge in [-0.3, -0.25) is 4.79 Å². The Kier molecular flexibility index (Phi) is 8.79. The van der Waals surface area contributed by atoms with E-state index in [4.69, 9.17) is 16.3 Å². The molecule has 0 radical (unpaired) electrons. The van der Waals surface area contributed by atoms with E-state index in [0.29, 0.717) is 33.8 Å². The van der Waals surface area contributed by atoms with Crippen LogP contribution < -0.4 is 10.1 Å². The largest absolute Gasteiger partial charge is 0.437 e. The number of amides is 1. The molecule has 1 aliphatic rings. The van der Waals surface area contributed by atoms with Crippen LogP contribution in [0.25, 0.3) is 0 Å². The van der Waals surface area contributed by atoms with E-state index >= 15 is 0 Å². The predicted octanol–water partition coefficient (Wildman–Crippen LogP) is 5.93. The molecule has 1 aliphatic heterocycles. The molecule has 1 saturated heterocycles. The fraction of sp³-hybridized carbons (Fsp3) is 0.346. The molecular formula is C26H29ClN4O2S. The van der Waals surface area contributed by atoms with Gasteiger partial charge in [-0.1, -0.05) is 30.3 Å². The lowest BCUT2D eigenvalue weighted by molar-refractivity contribution is 0.0950. The van der Waals surface area contributed by atoms with Gasteiger partial charge in [-0.15, -0.1) is 0 Å². The van der Waals surface area contributed by atoms with E-state index in [0.717, 1.165) is 23.8 Å². The number of piperidine rings is 1. The Bertz CT molecular complexity index is 1080. The maximum Gasteiger partial charge on any atom is 0.252 e. The van der Waals surface area contributed by atoms with E-state index in [1.54, 1.807) is 36.7 Å². The van der Waals surface area contributed by atoms with Crippen LogP contribution in [0, 0.1) is 5.92 Å². The Morgan fingerprint density at radius 3 is 2.68 bits per heavy atom. The lowest BCUT2D eigenvalue weighted by atomic mass is 10.0. The minimum atomic E-state index is -0.0722. The van der Waals surface area contributed by atoms with E-state index in [2.05, 4.69) is 27.1 Å². The van der Waals surface area contributed by atoms with Crippen molar-refractivity contribution in [2.24, 2.45) is 5.92 Å². The van der Waals surface area contributed by atoms with Gasteiger partial charge in [0, 0.05) is 41.0 Å². The number of nitrogens with one attached hydrogen (secondary N) is 1. The van der Waals surface area contributed by atoms with E-state index in [1.807, 2.05) is 24.3 Å². The molecule has 1 fully saturated rings. The molecule has 178 valence electrons. The summed E-state index contributed by atoms with van der Waals surface area (Å²) in [6, 6.07) is 14.6. The zero-order chi connectivity index (χ0) is 23.8. The number of ether oxygens (including phenoxy) is 1. The van der Waals surface area contributed by atoms with E-state index in [1.165, 1.54) is 37.7 Å². The van der Waals surface area contributed by atoms with Crippen LogP contribution in [0.4, 0.5) is 0 Å². The van der Waals surface area contributed by atoms with Crippen LogP contribution in [0.3, 0.4) is 0 Å². The molecule has 2 heterocycles. The van der Waals surface area contributed by atoms with E-state index < -0.39 is 0 Å². The molecule has 34 heavy (non-hydrogen) atoms. The number of carbonyl (C=O) groups excluding carboxylic acids is 1. The summed E-state index contributed by atoms with van der Waals surface area (Å²) < 4.78 is 5.96. The Hall–Kier alpha value is -2.61. The molecular weight excluding hydrogens is 468 g/mol. The van der Waals surface area contributed by atoms with Crippen molar-refractivity contribution in [2.75, 3.05) is 26.2 Å². The standard InChI is InChI=1S/C26H29ClN4O2S/c1-19-4-2-16-31(18-19)17-3-13-28-24(32)20-5-9-22(10-6-20)33-25-26(30-15-14-29-25)34-23-11-7-21(27)8-12-23/h5-12,14-15,19H,2-4,13,16-18H2,1H3,(H,28,32)/t19-/m1/s1. The van der Waals surface area contributed by atoms with Gasteiger partial charge in [-0.2, -0.15) is 0 Å². The molecule has 1 aromatic heterocycles. The summed E-state index contributed by atoms with van der Waals surface area (Å²) in [5, 5.41) is 4.35. The topological polar surface area (TPSA) is 67.4 Å². The third-order valence-corrected chi connectivity index (χ3v) is 6.90. The molecule has 2 aromatic carbocycles. The maximum absolute atomic E-state index is 12.5. The van der Waals surface area contributed by atoms with Gasteiger partial charge in [0.1, 0.15) is 5.75 Å². The first-order chi connectivity index (χ1) is 16.6. The van der Waals surface area contributed by atoms with Crippen LogP contribution >= 0.6 is 23.4 Å². The van der Waals surface area contributed by atoms with Crippen molar-refractivity contribution in [3.05, 3.63) is 71.5 Å². The van der Waals surface area contributed by atoms with Gasteiger partial charge in [0.2, 0.25) is 0 Å². The molecule has 1 atom stereocenters. The molecule has 1 amide bonds. The van der Waals surface area contributed by atoms with Gasteiger partial charge in [-0.05, 0) is 86.8 Å². The Morgan fingerprint density at radius 1 is 1.15 bits per heavy atom. The number of halogens is 1. The molecule has 0 spiro atoms. The summed E-state index contributed by atoms with van der Waals surface area (Å²) in [5.41, 5.74) is 0.605. The molecule has 6 nitrogen and oxygen atoms in total. The fourth-order valence-electron chi connectivity index (χ4n) is 3.95. The average molecular weight is 497 g/mol. The molecule has 0 aliphatic carbocycles. The number of carbonyl (C=O) groups is 1. The highest BCUT2D eigenvalue weighted by Crippen LogP contribution is 2.34. The normalized spacial score (nSPS) is 16.2. The second kappa shape index (κ2) is 12.2. The van der Waals surface area contributed by atoms with Gasteiger partial charge >= 0.3 is 0 Å². The van der Waals surface area contributed by atoms with Crippen LogP contribution in [0.5, 0.6) is 11.6 Å². The summed E-state index contributed by atoms with van der Waals surface area (Å²) in [7, 11) is 0. The van der Waals surface area contributed by atoms with Crippen molar-refractivity contribution in [3.8, 4) is 11.6 Å². The molecule has 0 unspecified atom stereocenters. The second-order valence-electron chi connectivity index (χ2n) is 8.51. The van der Waals surface area contributed by atoms with Crippen LogP contribution in [0.15, 0.2) is 70.8 Å². The van der Waals surface area contributed by atoms with Crippen molar-refractivity contribution < 1.29 is 9.53 Å². The molecule has 0 bridgehead atoms. The number of rotatable bonds is 9. The number of benzene rings is 2. The average Bonchev–Trinajstić information content (AvgIpc) is 2.85. The predicted molar refractivity (Wildman–Crippen MR) is 136 cm³/mol. The van der Waals surface area contributed by atoms with Crippen molar-refractivity contribution >= 4 is 29.3 Å². The highest BCUT2D eigenvalue weighted by molar-refractivity contribution is 7.99. The second-order valence-corrected chi connectivity index (χ2v) is 10.0. The number of hydrogen-bond acceptors (Lipinski definition) is 6. The summed E-state index contributed by atoms with van der Waals surface area (Å²) in [4.78, 5) is 24.7. The zero-order valence-corrected chi connectivity index (χ0v) is 20.8. The van der Waals surface area contributed by atoms with Crippen LogP contribution in [-0.2, 0) is 0 Å². The SMILES string of the molecule is C[C@@H]1CCCN(CCCNC(=O)c2ccc(Oc3nccnc3Sc3ccc(Cl)cc3)cc2)C1. The summed E-state index contributed by atoms with van der Waals surface area (Å²) in [6.45, 7) is 6.36. The quantitative estimate of drug-likeness (QED) is 0.370. The molecule has 8 heteroatoms. The maximum atomic E-state index is 12.5. The summed E-state index contributed by atoms with van der Waals surface area (Å²) in [5.74, 6) is 1.70. The Labute approximate surface area is 210 Å². The first-order valence-corrected chi connectivity index (χ1v) is 12.8. The highest BCUT2D eigenvalue weighted by atomic mass is 35.5. The number of likely N-dealkylation sites (tertiary alicyclic amines) is 1. The minimum Gasteiger partial charge on any atom is -0.437 e. The first-order valence-electron chi connectivity index (χ1n) is 11.6. The van der Waals surface area contributed by atoms with Crippen LogP contribution in [-0.4, -0.2) is 47.0 Å². The van der Waals surface area contributed by atoms with Crippen LogP contribution in [0.2, 0.25) is 5.02 Å². The van der Waals surface area contributed by atoms with Crippen molar-refractivity contribution in [3.63, 3.8) is 0 Å². The lowest BCUT2D eigenvalue weighted by Gasteiger charge is -2.30.